The van der Waals surface area contributed by atoms with E-state index in [1.165, 1.54) is 38.5 Å². The summed E-state index contributed by atoms with van der Waals surface area (Å²) >= 11 is 0. The monoisotopic (exact) mass is 246 g/mol. The van der Waals surface area contributed by atoms with Crippen LogP contribution >= 0.6 is 0 Å². The van der Waals surface area contributed by atoms with Gasteiger partial charge in [-0.2, -0.15) is 0 Å². The van der Waals surface area contributed by atoms with Gasteiger partial charge in [-0.15, -0.1) is 0 Å². The molecule has 3 saturated carbocycles. The molecule has 0 radical (unpaired) electrons. The molecular weight excluding hydrogens is 220 g/mol. The first kappa shape index (κ1) is 11.5. The molecule has 0 aliphatic heterocycles. The van der Waals surface area contributed by atoms with Crippen molar-refractivity contribution in [2.45, 2.75) is 57.5 Å². The second-order valence-corrected chi connectivity index (χ2v) is 7.45. The minimum atomic E-state index is 0.0206. The lowest BCUT2D eigenvalue weighted by molar-refractivity contribution is -0.0337. The summed E-state index contributed by atoms with van der Waals surface area (Å²) in [5.41, 5.74) is 0. The molecule has 4 aliphatic rings. The van der Waals surface area contributed by atoms with Crippen molar-refractivity contribution in [1.82, 2.24) is 0 Å². The molecule has 7 unspecified atom stereocenters. The first-order chi connectivity index (χ1) is 8.81. The summed E-state index contributed by atoms with van der Waals surface area (Å²) in [7, 11) is 0. The third-order valence-electron chi connectivity index (χ3n) is 6.65. The summed E-state index contributed by atoms with van der Waals surface area (Å²) in [6, 6.07) is 0. The minimum Gasteiger partial charge on any atom is -0.393 e. The molecule has 7 atom stereocenters. The average Bonchev–Trinajstić information content (AvgIpc) is 2.82. The number of rotatable bonds is 0. The van der Waals surface area contributed by atoms with Crippen molar-refractivity contribution in [3.63, 3.8) is 0 Å². The number of allylic oxidation sites excluding steroid dienone is 2. The van der Waals surface area contributed by atoms with Crippen LogP contribution in [0.25, 0.3) is 0 Å². The molecule has 4 rings (SSSR count). The molecule has 0 saturated heterocycles. The molecule has 1 heteroatoms. The summed E-state index contributed by atoms with van der Waals surface area (Å²) in [5.74, 6) is 5.77. The SMILES string of the molecule is OC1CCC2C(CCC3CC4C=CCC4CC32)C1. The third-order valence-corrected chi connectivity index (χ3v) is 6.65. The van der Waals surface area contributed by atoms with E-state index in [1.807, 2.05) is 0 Å². The molecule has 0 aromatic heterocycles. The topological polar surface area (TPSA) is 20.2 Å². The summed E-state index contributed by atoms with van der Waals surface area (Å²) in [6.07, 6.45) is 15.7. The quantitative estimate of drug-likeness (QED) is 0.645. The highest BCUT2D eigenvalue weighted by Crippen LogP contribution is 2.55. The Morgan fingerprint density at radius 1 is 0.778 bits per heavy atom. The Hall–Kier alpha value is -0.300. The predicted molar refractivity (Wildman–Crippen MR) is 73.0 cm³/mol. The van der Waals surface area contributed by atoms with E-state index in [0.29, 0.717) is 0 Å². The molecule has 0 aromatic carbocycles. The third kappa shape index (κ3) is 1.78. The fourth-order valence-electron chi connectivity index (χ4n) is 5.81. The van der Waals surface area contributed by atoms with E-state index in [2.05, 4.69) is 12.2 Å². The molecule has 0 bridgehead atoms. The fourth-order valence-corrected chi connectivity index (χ4v) is 5.81. The molecule has 0 spiro atoms. The summed E-state index contributed by atoms with van der Waals surface area (Å²) in [6.45, 7) is 0. The van der Waals surface area contributed by atoms with E-state index in [-0.39, 0.29) is 6.10 Å². The van der Waals surface area contributed by atoms with Gasteiger partial charge in [0.1, 0.15) is 0 Å². The van der Waals surface area contributed by atoms with Crippen LogP contribution in [-0.2, 0) is 0 Å². The van der Waals surface area contributed by atoms with Crippen LogP contribution < -0.4 is 0 Å². The maximum absolute atomic E-state index is 9.88. The highest BCUT2D eigenvalue weighted by molar-refractivity contribution is 5.07. The zero-order valence-corrected chi connectivity index (χ0v) is 11.3. The molecule has 1 nitrogen and oxygen atoms in total. The van der Waals surface area contributed by atoms with Crippen molar-refractivity contribution in [2.24, 2.45) is 35.5 Å². The molecular formula is C17H26O. The maximum atomic E-state index is 9.88. The Morgan fingerprint density at radius 2 is 1.61 bits per heavy atom. The van der Waals surface area contributed by atoms with Gasteiger partial charge in [-0.1, -0.05) is 12.2 Å². The Morgan fingerprint density at radius 3 is 2.50 bits per heavy atom. The molecule has 4 aliphatic carbocycles. The number of hydrogen-bond acceptors (Lipinski definition) is 1. The van der Waals surface area contributed by atoms with Gasteiger partial charge in [-0.3, -0.25) is 0 Å². The lowest BCUT2D eigenvalue weighted by Crippen LogP contribution is -2.43. The van der Waals surface area contributed by atoms with Crippen molar-refractivity contribution < 1.29 is 5.11 Å². The molecule has 0 amide bonds. The van der Waals surface area contributed by atoms with Gasteiger partial charge < -0.3 is 5.11 Å². The Labute approximate surface area is 111 Å². The van der Waals surface area contributed by atoms with Crippen LogP contribution in [0.4, 0.5) is 0 Å². The minimum absolute atomic E-state index is 0.0206. The van der Waals surface area contributed by atoms with Gasteiger partial charge in [0.05, 0.1) is 6.10 Å². The van der Waals surface area contributed by atoms with Crippen LogP contribution in [0.3, 0.4) is 0 Å². The Kier molecular flexibility index (Phi) is 2.80. The van der Waals surface area contributed by atoms with Crippen molar-refractivity contribution in [3.05, 3.63) is 12.2 Å². The second-order valence-electron chi connectivity index (χ2n) is 7.45. The number of aliphatic hydroxyl groups excluding tert-OH is 1. The average molecular weight is 246 g/mol. The molecule has 3 fully saturated rings. The maximum Gasteiger partial charge on any atom is 0.0543 e. The van der Waals surface area contributed by atoms with Crippen molar-refractivity contribution in [2.75, 3.05) is 0 Å². The second kappa shape index (κ2) is 4.37. The fraction of sp³-hybridized carbons (Fsp3) is 0.882. The van der Waals surface area contributed by atoms with Crippen molar-refractivity contribution in [1.29, 1.82) is 0 Å². The van der Waals surface area contributed by atoms with Gasteiger partial charge >= 0.3 is 0 Å². The van der Waals surface area contributed by atoms with E-state index in [0.717, 1.165) is 48.3 Å². The predicted octanol–water partition coefficient (Wildman–Crippen LogP) is 3.78. The number of aliphatic hydroxyl groups is 1. The van der Waals surface area contributed by atoms with Gasteiger partial charge in [-0.05, 0) is 86.9 Å². The van der Waals surface area contributed by atoms with Crippen LogP contribution in [0.2, 0.25) is 0 Å². The summed E-state index contributed by atoms with van der Waals surface area (Å²) in [4.78, 5) is 0. The summed E-state index contributed by atoms with van der Waals surface area (Å²) in [5, 5.41) is 9.88. The normalized spacial score (nSPS) is 54.6. The molecule has 18 heavy (non-hydrogen) atoms. The highest BCUT2D eigenvalue weighted by Gasteiger charge is 2.46. The number of fused-ring (bicyclic) bond motifs is 4. The van der Waals surface area contributed by atoms with Crippen LogP contribution in [0.1, 0.15) is 51.4 Å². The van der Waals surface area contributed by atoms with Crippen molar-refractivity contribution in [3.8, 4) is 0 Å². The zero-order chi connectivity index (χ0) is 12.1. The van der Waals surface area contributed by atoms with Gasteiger partial charge in [0, 0.05) is 0 Å². The largest absolute Gasteiger partial charge is 0.393 e. The first-order valence-electron chi connectivity index (χ1n) is 8.16. The molecule has 0 aromatic rings. The molecule has 100 valence electrons. The number of hydrogen-bond donors (Lipinski definition) is 1. The van der Waals surface area contributed by atoms with Crippen LogP contribution in [0.15, 0.2) is 12.2 Å². The van der Waals surface area contributed by atoms with Crippen molar-refractivity contribution >= 4 is 0 Å². The van der Waals surface area contributed by atoms with Gasteiger partial charge in [0.15, 0.2) is 0 Å². The van der Waals surface area contributed by atoms with Gasteiger partial charge in [-0.25, -0.2) is 0 Å². The van der Waals surface area contributed by atoms with Crippen LogP contribution in [0.5, 0.6) is 0 Å². The standard InChI is InChI=1S/C17H26O/c18-15-6-7-16-14(9-15)5-4-13-8-11-2-1-3-12(11)10-17(13)16/h1-2,11-18H,3-10H2. The van der Waals surface area contributed by atoms with Crippen LogP contribution in [0, 0.1) is 35.5 Å². The van der Waals surface area contributed by atoms with E-state index in [1.54, 1.807) is 0 Å². The van der Waals surface area contributed by atoms with E-state index >= 15 is 0 Å². The molecule has 0 heterocycles. The van der Waals surface area contributed by atoms with Crippen LogP contribution in [-0.4, -0.2) is 11.2 Å². The highest BCUT2D eigenvalue weighted by atomic mass is 16.3. The summed E-state index contributed by atoms with van der Waals surface area (Å²) < 4.78 is 0. The Bertz CT molecular complexity index is 348. The van der Waals surface area contributed by atoms with Gasteiger partial charge in [0.2, 0.25) is 0 Å². The smallest absolute Gasteiger partial charge is 0.0543 e. The Balaban J connectivity index is 1.52. The van der Waals surface area contributed by atoms with E-state index in [4.69, 9.17) is 0 Å². The van der Waals surface area contributed by atoms with E-state index < -0.39 is 0 Å². The lowest BCUT2D eigenvalue weighted by Gasteiger charge is -2.51. The zero-order valence-electron chi connectivity index (χ0n) is 11.3. The molecule has 1 N–H and O–H groups in total. The lowest BCUT2D eigenvalue weighted by atomic mass is 9.54. The van der Waals surface area contributed by atoms with E-state index in [9.17, 15) is 5.11 Å². The van der Waals surface area contributed by atoms with Gasteiger partial charge in [0.25, 0.3) is 0 Å². The first-order valence-corrected chi connectivity index (χ1v) is 8.16.